The normalized spacial score (nSPS) is 29.9. The number of nitrogens with zero attached hydrogens (tertiary/aromatic N) is 3. The van der Waals surface area contributed by atoms with Gasteiger partial charge in [0.1, 0.15) is 10.7 Å². The van der Waals surface area contributed by atoms with Crippen molar-refractivity contribution in [2.45, 2.75) is 73.8 Å². The van der Waals surface area contributed by atoms with Crippen molar-refractivity contribution in [1.29, 1.82) is 0 Å². The quantitative estimate of drug-likeness (QED) is 0.656. The van der Waals surface area contributed by atoms with Gasteiger partial charge < -0.3 is 15.3 Å². The van der Waals surface area contributed by atoms with E-state index in [-0.39, 0.29) is 12.1 Å². The molecular formula is C25H31ClN4O2S. The van der Waals surface area contributed by atoms with E-state index in [1.54, 1.807) is 0 Å². The van der Waals surface area contributed by atoms with E-state index in [0.717, 1.165) is 79.5 Å². The number of piperidine rings is 1. The lowest BCUT2D eigenvalue weighted by Crippen LogP contribution is -2.49. The van der Waals surface area contributed by atoms with Gasteiger partial charge in [0.2, 0.25) is 5.95 Å². The van der Waals surface area contributed by atoms with Gasteiger partial charge in [-0.25, -0.2) is 4.98 Å². The first-order chi connectivity index (χ1) is 16.0. The van der Waals surface area contributed by atoms with Crippen molar-refractivity contribution in [2.75, 3.05) is 29.1 Å². The molecule has 2 bridgehead atoms. The molecule has 3 fully saturated rings. The molecule has 0 spiro atoms. The number of aliphatic hydroxyl groups excluding tert-OH is 1. The second kappa shape index (κ2) is 8.51. The van der Waals surface area contributed by atoms with Crippen LogP contribution < -0.4 is 10.2 Å². The molecule has 2 aliphatic heterocycles. The largest absolute Gasteiger partial charge is 0.394 e. The summed E-state index contributed by atoms with van der Waals surface area (Å²) in [7, 11) is -1.10. The maximum atomic E-state index is 13.1. The number of hydrogen-bond acceptors (Lipinski definition) is 6. The van der Waals surface area contributed by atoms with Crippen LogP contribution in [0.15, 0.2) is 29.2 Å². The van der Waals surface area contributed by atoms with E-state index in [9.17, 15) is 9.32 Å². The molecule has 1 saturated heterocycles. The van der Waals surface area contributed by atoms with Crippen LogP contribution in [0, 0.1) is 5.92 Å². The molecule has 2 saturated carbocycles. The van der Waals surface area contributed by atoms with E-state index in [2.05, 4.69) is 22.3 Å². The third-order valence-electron chi connectivity index (χ3n) is 8.24. The van der Waals surface area contributed by atoms with Crippen LogP contribution in [0.5, 0.6) is 0 Å². The lowest BCUT2D eigenvalue weighted by Gasteiger charge is -2.42. The van der Waals surface area contributed by atoms with Crippen LogP contribution in [0.25, 0.3) is 0 Å². The zero-order valence-corrected chi connectivity index (χ0v) is 20.4. The Hall–Kier alpha value is -1.70. The molecule has 1 aromatic carbocycles. The van der Waals surface area contributed by atoms with Crippen molar-refractivity contribution in [3.63, 3.8) is 0 Å². The lowest BCUT2D eigenvalue weighted by molar-refractivity contribution is 0.143. The van der Waals surface area contributed by atoms with Gasteiger partial charge in [0.25, 0.3) is 0 Å². The molecule has 1 aromatic heterocycles. The molecule has 4 atom stereocenters. The van der Waals surface area contributed by atoms with Crippen molar-refractivity contribution < 1.29 is 9.32 Å². The lowest BCUT2D eigenvalue weighted by atomic mass is 9.77. The maximum Gasteiger partial charge on any atom is 0.227 e. The van der Waals surface area contributed by atoms with Crippen LogP contribution in [-0.2, 0) is 17.2 Å². The molecule has 8 heteroatoms. The minimum Gasteiger partial charge on any atom is -0.394 e. The second-order valence-electron chi connectivity index (χ2n) is 10.3. The summed E-state index contributed by atoms with van der Waals surface area (Å²) in [6, 6.07) is 8.74. The Morgan fingerprint density at radius 1 is 1.15 bits per heavy atom. The van der Waals surface area contributed by atoms with E-state index in [1.165, 1.54) is 5.56 Å². The fraction of sp³-hybridized carbons (Fsp3) is 0.600. The van der Waals surface area contributed by atoms with E-state index < -0.39 is 10.8 Å². The number of aliphatic hydroxyl groups is 1. The number of hydrogen-bond donors (Lipinski definition) is 2. The third-order valence-corrected chi connectivity index (χ3v) is 10.0. The first-order valence-electron chi connectivity index (χ1n) is 12.3. The molecule has 2 N–H and O–H groups in total. The van der Waals surface area contributed by atoms with Crippen LogP contribution in [0.2, 0.25) is 5.02 Å². The van der Waals surface area contributed by atoms with Gasteiger partial charge in [-0.15, -0.1) is 0 Å². The third kappa shape index (κ3) is 3.86. The van der Waals surface area contributed by atoms with Crippen LogP contribution >= 0.6 is 11.6 Å². The van der Waals surface area contributed by atoms with Crippen LogP contribution in [-0.4, -0.2) is 49.8 Å². The Bertz CT molecular complexity index is 1070. The van der Waals surface area contributed by atoms with Crippen molar-refractivity contribution in [2.24, 2.45) is 5.92 Å². The number of halogens is 1. The van der Waals surface area contributed by atoms with Gasteiger partial charge in [0, 0.05) is 23.4 Å². The summed E-state index contributed by atoms with van der Waals surface area (Å²) in [6.45, 7) is 1.02. The van der Waals surface area contributed by atoms with E-state index in [4.69, 9.17) is 21.6 Å². The zero-order chi connectivity index (χ0) is 22.6. The Balaban J connectivity index is 1.31. The van der Waals surface area contributed by atoms with Gasteiger partial charge in [0.15, 0.2) is 0 Å². The molecule has 4 aliphatic rings. The second-order valence-corrected chi connectivity index (χ2v) is 12.2. The summed E-state index contributed by atoms with van der Waals surface area (Å²) in [5.74, 6) is 3.26. The molecule has 0 amide bonds. The minimum atomic E-state index is -1.10. The average molecular weight is 487 g/mol. The number of rotatable bonds is 5. The average Bonchev–Trinajstić information content (AvgIpc) is 3.35. The highest BCUT2D eigenvalue weighted by molar-refractivity contribution is 7.85. The Labute approximate surface area is 202 Å². The van der Waals surface area contributed by atoms with Crippen LogP contribution in [0.4, 0.5) is 11.8 Å². The molecule has 6 nitrogen and oxygen atoms in total. The van der Waals surface area contributed by atoms with Crippen molar-refractivity contribution in [3.8, 4) is 0 Å². The number of benzene rings is 1. The number of anilines is 2. The summed E-state index contributed by atoms with van der Waals surface area (Å²) in [5, 5.41) is 14.4. The molecule has 2 aliphatic carbocycles. The van der Waals surface area contributed by atoms with E-state index >= 15 is 0 Å². The summed E-state index contributed by atoms with van der Waals surface area (Å²) >= 11 is 6.10. The van der Waals surface area contributed by atoms with Crippen LogP contribution in [0.1, 0.15) is 62.1 Å². The molecule has 3 heterocycles. The predicted octanol–water partition coefficient (Wildman–Crippen LogP) is 4.28. The van der Waals surface area contributed by atoms with Gasteiger partial charge in [-0.1, -0.05) is 23.7 Å². The number of aromatic nitrogens is 2. The van der Waals surface area contributed by atoms with Gasteiger partial charge in [0.05, 0.1) is 28.6 Å². The molecule has 3 unspecified atom stereocenters. The summed E-state index contributed by atoms with van der Waals surface area (Å²) < 4.78 is 13.1. The number of nitrogens with one attached hydrogen (secondary N) is 1. The van der Waals surface area contributed by atoms with E-state index in [0.29, 0.717) is 29.4 Å². The summed E-state index contributed by atoms with van der Waals surface area (Å²) in [5.41, 5.74) is 1.98. The molecule has 176 valence electrons. The minimum absolute atomic E-state index is 0.0743. The Morgan fingerprint density at radius 3 is 2.64 bits per heavy atom. The fourth-order valence-electron chi connectivity index (χ4n) is 6.23. The number of aryl methyl sites for hydroxylation is 1. The topological polar surface area (TPSA) is 78.4 Å². The Morgan fingerprint density at radius 2 is 1.97 bits per heavy atom. The molecule has 0 radical (unpaired) electrons. The maximum absolute atomic E-state index is 13.1. The van der Waals surface area contributed by atoms with Crippen molar-refractivity contribution >= 4 is 34.2 Å². The van der Waals surface area contributed by atoms with Gasteiger partial charge in [-0.2, -0.15) is 4.98 Å². The van der Waals surface area contributed by atoms with Gasteiger partial charge >= 0.3 is 0 Å². The standard InChI is InChI=1S/C25H31ClN4O2S/c26-18-7-5-16(6-8-18)20-13-19-12-17(20)14-30(19)24-27-21-4-1-2-11-33(32)22(21)23(28-24)29-25(15-31)9-3-10-25/h5-8,17,19-20,31H,1-4,9-15H2,(H,27,28,29)/t17?,19?,20?,33-/m0/s1. The van der Waals surface area contributed by atoms with Crippen LogP contribution in [0.3, 0.4) is 0 Å². The van der Waals surface area contributed by atoms with Gasteiger partial charge in [-0.3, -0.25) is 4.21 Å². The smallest absolute Gasteiger partial charge is 0.227 e. The first-order valence-corrected chi connectivity index (χ1v) is 14.0. The summed E-state index contributed by atoms with van der Waals surface area (Å²) in [4.78, 5) is 13.1. The molecule has 2 aromatic rings. The highest BCUT2D eigenvalue weighted by Crippen LogP contribution is 2.49. The highest BCUT2D eigenvalue weighted by Gasteiger charge is 2.46. The zero-order valence-electron chi connectivity index (χ0n) is 18.8. The predicted molar refractivity (Wildman–Crippen MR) is 132 cm³/mol. The molecular weight excluding hydrogens is 456 g/mol. The SMILES string of the molecule is O=[S@]1CCCCc2nc(N3CC4CC3CC4c3ccc(Cl)cc3)nc(NC3(CO)CCC3)c21. The van der Waals surface area contributed by atoms with Crippen molar-refractivity contribution in [1.82, 2.24) is 9.97 Å². The fourth-order valence-corrected chi connectivity index (χ4v) is 7.75. The summed E-state index contributed by atoms with van der Waals surface area (Å²) in [6.07, 6.45) is 7.98. The number of fused-ring (bicyclic) bond motifs is 3. The first kappa shape index (κ1) is 21.8. The molecule has 6 rings (SSSR count). The Kier molecular flexibility index (Phi) is 5.62. The van der Waals surface area contributed by atoms with E-state index in [1.807, 2.05) is 12.1 Å². The highest BCUT2D eigenvalue weighted by atomic mass is 35.5. The monoisotopic (exact) mass is 486 g/mol. The molecule has 33 heavy (non-hydrogen) atoms. The van der Waals surface area contributed by atoms with Gasteiger partial charge in [-0.05, 0) is 80.9 Å². The van der Waals surface area contributed by atoms with Crippen molar-refractivity contribution in [3.05, 3.63) is 40.5 Å².